The molecule has 2 rings (SSSR count). The monoisotopic (exact) mass is 282 g/mol. The Morgan fingerprint density at radius 2 is 1.90 bits per heavy atom. The fourth-order valence-corrected chi connectivity index (χ4v) is 3.57. The lowest BCUT2D eigenvalue weighted by Crippen LogP contribution is -2.52. The van der Waals surface area contributed by atoms with Crippen molar-refractivity contribution in [2.24, 2.45) is 5.92 Å². The van der Waals surface area contributed by atoms with Gasteiger partial charge < -0.3 is 15.0 Å². The van der Waals surface area contributed by atoms with E-state index in [2.05, 4.69) is 12.2 Å². The molecule has 0 bridgehead atoms. The van der Waals surface area contributed by atoms with E-state index in [9.17, 15) is 4.79 Å². The number of amides is 1. The first kappa shape index (κ1) is 15.8. The van der Waals surface area contributed by atoms with Crippen molar-refractivity contribution >= 4 is 5.91 Å². The van der Waals surface area contributed by atoms with Gasteiger partial charge in [0.15, 0.2) is 0 Å². The fourth-order valence-electron chi connectivity index (χ4n) is 3.57. The van der Waals surface area contributed by atoms with Gasteiger partial charge >= 0.3 is 0 Å². The quantitative estimate of drug-likeness (QED) is 0.840. The summed E-state index contributed by atoms with van der Waals surface area (Å²) >= 11 is 0. The topological polar surface area (TPSA) is 41.6 Å². The maximum atomic E-state index is 12.4. The molecule has 2 atom stereocenters. The van der Waals surface area contributed by atoms with Crippen LogP contribution in [0.2, 0.25) is 0 Å². The molecule has 1 N–H and O–H groups in total. The van der Waals surface area contributed by atoms with Crippen molar-refractivity contribution in [3.05, 3.63) is 0 Å². The third-order valence-corrected chi connectivity index (χ3v) is 4.82. The lowest BCUT2D eigenvalue weighted by Gasteiger charge is -2.34. The molecule has 1 aliphatic carbocycles. The van der Waals surface area contributed by atoms with Gasteiger partial charge in [-0.25, -0.2) is 0 Å². The molecule has 4 nitrogen and oxygen atoms in total. The van der Waals surface area contributed by atoms with E-state index in [4.69, 9.17) is 4.74 Å². The molecule has 116 valence electrons. The number of morpholine rings is 1. The molecule has 0 aromatic rings. The number of nitrogens with zero attached hydrogens (tertiary/aromatic N) is 1. The van der Waals surface area contributed by atoms with Crippen LogP contribution >= 0.6 is 0 Å². The van der Waals surface area contributed by atoms with Crippen LogP contribution in [0.3, 0.4) is 0 Å². The van der Waals surface area contributed by atoms with Gasteiger partial charge in [-0.1, -0.05) is 26.2 Å². The SMILES string of the molecule is CCC(NC(C)C(=O)N1CCOCC1)C1CCCCC1. The summed E-state index contributed by atoms with van der Waals surface area (Å²) in [4.78, 5) is 14.4. The maximum Gasteiger partial charge on any atom is 0.239 e. The highest BCUT2D eigenvalue weighted by Crippen LogP contribution is 2.28. The zero-order valence-electron chi connectivity index (χ0n) is 13.1. The summed E-state index contributed by atoms with van der Waals surface area (Å²) in [5.74, 6) is 0.997. The van der Waals surface area contributed by atoms with Crippen LogP contribution in [0, 0.1) is 5.92 Å². The van der Waals surface area contributed by atoms with Crippen molar-refractivity contribution < 1.29 is 9.53 Å². The highest BCUT2D eigenvalue weighted by Gasteiger charge is 2.28. The minimum absolute atomic E-state index is 0.0695. The van der Waals surface area contributed by atoms with E-state index < -0.39 is 0 Å². The molecule has 1 aliphatic heterocycles. The third kappa shape index (κ3) is 4.19. The number of hydrogen-bond acceptors (Lipinski definition) is 3. The van der Waals surface area contributed by atoms with Crippen molar-refractivity contribution in [2.75, 3.05) is 26.3 Å². The second-order valence-corrected chi connectivity index (χ2v) is 6.24. The van der Waals surface area contributed by atoms with E-state index in [-0.39, 0.29) is 11.9 Å². The molecule has 1 saturated carbocycles. The number of hydrogen-bond donors (Lipinski definition) is 1. The fraction of sp³-hybridized carbons (Fsp3) is 0.938. The first-order valence-corrected chi connectivity index (χ1v) is 8.35. The van der Waals surface area contributed by atoms with Gasteiger partial charge in [-0.05, 0) is 32.1 Å². The van der Waals surface area contributed by atoms with Crippen molar-refractivity contribution in [1.82, 2.24) is 10.2 Å². The van der Waals surface area contributed by atoms with Gasteiger partial charge in [-0.15, -0.1) is 0 Å². The molecule has 0 aromatic heterocycles. The Balaban J connectivity index is 1.83. The zero-order chi connectivity index (χ0) is 14.4. The Hall–Kier alpha value is -0.610. The van der Waals surface area contributed by atoms with Gasteiger partial charge in [0.1, 0.15) is 0 Å². The van der Waals surface area contributed by atoms with Crippen LogP contribution < -0.4 is 5.32 Å². The number of carbonyl (C=O) groups excluding carboxylic acids is 1. The van der Waals surface area contributed by atoms with Crippen LogP contribution in [0.1, 0.15) is 52.4 Å². The summed E-state index contributed by atoms with van der Waals surface area (Å²) in [6.07, 6.45) is 7.86. The van der Waals surface area contributed by atoms with E-state index in [1.54, 1.807) is 0 Å². The molecule has 20 heavy (non-hydrogen) atoms. The average Bonchev–Trinajstić information content (AvgIpc) is 2.53. The molecular formula is C16H30N2O2. The molecule has 0 radical (unpaired) electrons. The van der Waals surface area contributed by atoms with Crippen LogP contribution in [0.25, 0.3) is 0 Å². The molecule has 2 fully saturated rings. The van der Waals surface area contributed by atoms with Crippen molar-refractivity contribution in [1.29, 1.82) is 0 Å². The molecule has 0 spiro atoms. The Morgan fingerprint density at radius 1 is 1.25 bits per heavy atom. The van der Waals surface area contributed by atoms with E-state index in [1.807, 2.05) is 11.8 Å². The molecule has 1 saturated heterocycles. The standard InChI is InChI=1S/C16H30N2O2/c1-3-15(14-7-5-4-6-8-14)17-13(2)16(19)18-9-11-20-12-10-18/h13-15,17H,3-12H2,1-2H3. The van der Waals surface area contributed by atoms with E-state index in [0.29, 0.717) is 19.3 Å². The highest BCUT2D eigenvalue weighted by atomic mass is 16.5. The van der Waals surface area contributed by atoms with Crippen LogP contribution in [-0.4, -0.2) is 49.2 Å². The van der Waals surface area contributed by atoms with Crippen LogP contribution in [0.5, 0.6) is 0 Å². The third-order valence-electron chi connectivity index (χ3n) is 4.82. The van der Waals surface area contributed by atoms with Crippen LogP contribution in [0.15, 0.2) is 0 Å². The largest absolute Gasteiger partial charge is 0.378 e. The van der Waals surface area contributed by atoms with Crippen LogP contribution in [0.4, 0.5) is 0 Å². The Kier molecular flexibility index (Phi) is 6.30. The second-order valence-electron chi connectivity index (χ2n) is 6.24. The summed E-state index contributed by atoms with van der Waals surface area (Å²) in [5.41, 5.74) is 0. The normalized spacial score (nSPS) is 24.4. The molecule has 2 unspecified atom stereocenters. The predicted molar refractivity (Wildman–Crippen MR) is 80.7 cm³/mol. The Bertz CT molecular complexity index is 297. The number of ether oxygens (including phenoxy) is 1. The van der Waals surface area contributed by atoms with Crippen molar-refractivity contribution in [2.45, 2.75) is 64.5 Å². The summed E-state index contributed by atoms with van der Waals surface area (Å²) in [6, 6.07) is 0.426. The molecule has 4 heteroatoms. The van der Waals surface area contributed by atoms with Gasteiger partial charge in [0.25, 0.3) is 0 Å². The van der Waals surface area contributed by atoms with Gasteiger partial charge in [0, 0.05) is 19.1 Å². The minimum Gasteiger partial charge on any atom is -0.378 e. The lowest BCUT2D eigenvalue weighted by atomic mass is 9.82. The van der Waals surface area contributed by atoms with E-state index in [0.717, 1.165) is 25.4 Å². The zero-order valence-corrected chi connectivity index (χ0v) is 13.1. The number of carbonyl (C=O) groups is 1. The molecule has 1 amide bonds. The molecule has 0 aromatic carbocycles. The van der Waals surface area contributed by atoms with Gasteiger partial charge in [-0.3, -0.25) is 4.79 Å². The smallest absolute Gasteiger partial charge is 0.239 e. The minimum atomic E-state index is -0.0695. The molecule has 2 aliphatic rings. The first-order valence-electron chi connectivity index (χ1n) is 8.35. The van der Waals surface area contributed by atoms with Crippen molar-refractivity contribution in [3.8, 4) is 0 Å². The Labute approximate surface area is 123 Å². The number of rotatable bonds is 5. The average molecular weight is 282 g/mol. The second kappa shape index (κ2) is 7.99. The van der Waals surface area contributed by atoms with Gasteiger partial charge in [0.2, 0.25) is 5.91 Å². The maximum absolute atomic E-state index is 12.4. The predicted octanol–water partition coefficient (Wildman–Crippen LogP) is 2.18. The highest BCUT2D eigenvalue weighted by molar-refractivity contribution is 5.81. The van der Waals surface area contributed by atoms with Crippen LogP contribution in [-0.2, 0) is 9.53 Å². The summed E-state index contributed by atoms with van der Waals surface area (Å²) < 4.78 is 5.31. The van der Waals surface area contributed by atoms with Crippen molar-refractivity contribution in [3.63, 3.8) is 0 Å². The first-order chi connectivity index (χ1) is 9.72. The van der Waals surface area contributed by atoms with E-state index >= 15 is 0 Å². The summed E-state index contributed by atoms with van der Waals surface area (Å²) in [5, 5.41) is 3.60. The lowest BCUT2D eigenvalue weighted by molar-refractivity contribution is -0.137. The van der Waals surface area contributed by atoms with Gasteiger partial charge in [0.05, 0.1) is 19.3 Å². The summed E-state index contributed by atoms with van der Waals surface area (Å²) in [7, 11) is 0. The van der Waals surface area contributed by atoms with Gasteiger partial charge in [-0.2, -0.15) is 0 Å². The molecule has 1 heterocycles. The van der Waals surface area contributed by atoms with E-state index in [1.165, 1.54) is 32.1 Å². The summed E-state index contributed by atoms with van der Waals surface area (Å²) in [6.45, 7) is 7.09. The Morgan fingerprint density at radius 3 is 2.50 bits per heavy atom. The number of nitrogens with one attached hydrogen (secondary N) is 1. The molecular weight excluding hydrogens is 252 g/mol.